The van der Waals surface area contributed by atoms with E-state index in [1.807, 2.05) is 24.3 Å². The summed E-state index contributed by atoms with van der Waals surface area (Å²) < 4.78 is 10.6. The maximum absolute atomic E-state index is 12.8. The fourth-order valence-electron chi connectivity index (χ4n) is 3.08. The lowest BCUT2D eigenvalue weighted by atomic mass is 9.87. The molecule has 1 aliphatic heterocycles. The first kappa shape index (κ1) is 15.7. The molecule has 1 aliphatic rings. The normalized spacial score (nSPS) is 20.6. The molecular formula is C17H21N3O3. The Hall–Kier alpha value is -2.18. The van der Waals surface area contributed by atoms with Crippen LogP contribution in [0.3, 0.4) is 0 Å². The maximum Gasteiger partial charge on any atom is 0.234 e. The Morgan fingerprint density at radius 3 is 2.96 bits per heavy atom. The molecule has 2 N–H and O–H groups in total. The number of benzene rings is 1. The van der Waals surface area contributed by atoms with E-state index in [9.17, 15) is 4.79 Å². The molecule has 1 unspecified atom stereocenters. The van der Waals surface area contributed by atoms with Crippen LogP contribution in [0.4, 0.5) is 5.69 Å². The van der Waals surface area contributed by atoms with Crippen molar-refractivity contribution in [2.45, 2.75) is 6.42 Å². The van der Waals surface area contributed by atoms with Crippen molar-refractivity contribution in [2.24, 2.45) is 5.41 Å². The Balaban J connectivity index is 1.94. The molecule has 1 saturated heterocycles. The Morgan fingerprint density at radius 2 is 2.26 bits per heavy atom. The molecule has 2 heterocycles. The van der Waals surface area contributed by atoms with E-state index < -0.39 is 5.41 Å². The molecule has 23 heavy (non-hydrogen) atoms. The van der Waals surface area contributed by atoms with E-state index in [4.69, 9.17) is 9.47 Å². The summed E-state index contributed by atoms with van der Waals surface area (Å²) in [5.74, 6) is 0.660. The van der Waals surface area contributed by atoms with Crippen LogP contribution in [-0.2, 0) is 9.53 Å². The highest BCUT2D eigenvalue weighted by atomic mass is 16.5. The first-order valence-electron chi connectivity index (χ1n) is 7.63. The van der Waals surface area contributed by atoms with Crippen LogP contribution in [-0.4, -0.2) is 44.8 Å². The zero-order valence-corrected chi connectivity index (χ0v) is 13.4. The highest BCUT2D eigenvalue weighted by Crippen LogP contribution is 2.32. The average molecular weight is 315 g/mol. The minimum absolute atomic E-state index is 0.0281. The standard InChI is InChI=1S/C17H21N3O3/c1-22-11-17(7-9-18-10-17)16(21)20-13-5-6-14(23-2)15-12(13)4-3-8-19-15/h3-6,8,18H,7,9-11H2,1-2H3,(H,20,21). The zero-order chi connectivity index (χ0) is 16.3. The second-order valence-electron chi connectivity index (χ2n) is 5.81. The van der Waals surface area contributed by atoms with E-state index in [2.05, 4.69) is 15.6 Å². The summed E-state index contributed by atoms with van der Waals surface area (Å²) in [5, 5.41) is 7.16. The van der Waals surface area contributed by atoms with Gasteiger partial charge in [-0.3, -0.25) is 9.78 Å². The molecule has 0 radical (unpaired) electrons. The molecule has 1 atom stereocenters. The SMILES string of the molecule is COCC1(C(=O)Nc2ccc(OC)c3ncccc23)CCNC1. The molecular weight excluding hydrogens is 294 g/mol. The number of hydrogen-bond acceptors (Lipinski definition) is 5. The Labute approximate surface area is 135 Å². The molecule has 1 fully saturated rings. The van der Waals surface area contributed by atoms with Crippen molar-refractivity contribution in [2.75, 3.05) is 39.2 Å². The number of carbonyl (C=O) groups excluding carboxylic acids is 1. The summed E-state index contributed by atoms with van der Waals surface area (Å²) in [6, 6.07) is 7.44. The van der Waals surface area contributed by atoms with Crippen LogP contribution in [0.5, 0.6) is 5.75 Å². The van der Waals surface area contributed by atoms with Crippen LogP contribution in [0.15, 0.2) is 30.5 Å². The van der Waals surface area contributed by atoms with E-state index in [0.29, 0.717) is 18.9 Å². The van der Waals surface area contributed by atoms with Gasteiger partial charge in [0.2, 0.25) is 5.91 Å². The maximum atomic E-state index is 12.8. The molecule has 1 aromatic heterocycles. The minimum Gasteiger partial charge on any atom is -0.494 e. The van der Waals surface area contributed by atoms with Gasteiger partial charge in [0.15, 0.2) is 0 Å². The molecule has 1 aromatic carbocycles. The van der Waals surface area contributed by atoms with Crippen molar-refractivity contribution >= 4 is 22.5 Å². The fraction of sp³-hybridized carbons (Fsp3) is 0.412. The number of carbonyl (C=O) groups is 1. The molecule has 0 bridgehead atoms. The Kier molecular flexibility index (Phi) is 4.45. The summed E-state index contributed by atoms with van der Waals surface area (Å²) in [4.78, 5) is 17.2. The first-order valence-corrected chi connectivity index (χ1v) is 7.63. The van der Waals surface area contributed by atoms with Crippen LogP contribution in [0.1, 0.15) is 6.42 Å². The van der Waals surface area contributed by atoms with Crippen LogP contribution in [0.25, 0.3) is 10.9 Å². The monoisotopic (exact) mass is 315 g/mol. The van der Waals surface area contributed by atoms with E-state index in [-0.39, 0.29) is 5.91 Å². The number of methoxy groups -OCH3 is 2. The van der Waals surface area contributed by atoms with Gasteiger partial charge in [0.05, 0.1) is 24.8 Å². The quantitative estimate of drug-likeness (QED) is 0.880. The molecule has 6 heteroatoms. The highest BCUT2D eigenvalue weighted by molar-refractivity contribution is 6.04. The number of ether oxygens (including phenoxy) is 2. The molecule has 2 aromatic rings. The number of anilines is 1. The lowest BCUT2D eigenvalue weighted by Gasteiger charge is -2.26. The van der Waals surface area contributed by atoms with Crippen LogP contribution in [0.2, 0.25) is 0 Å². The summed E-state index contributed by atoms with van der Waals surface area (Å²) >= 11 is 0. The van der Waals surface area contributed by atoms with Crippen molar-refractivity contribution in [1.29, 1.82) is 0 Å². The lowest BCUT2D eigenvalue weighted by molar-refractivity contribution is -0.127. The number of aromatic nitrogens is 1. The van der Waals surface area contributed by atoms with Gasteiger partial charge in [-0.25, -0.2) is 0 Å². The Bertz CT molecular complexity index is 711. The van der Waals surface area contributed by atoms with Crippen molar-refractivity contribution in [3.63, 3.8) is 0 Å². The van der Waals surface area contributed by atoms with E-state index in [1.54, 1.807) is 20.4 Å². The number of hydrogen-bond donors (Lipinski definition) is 2. The number of rotatable bonds is 5. The van der Waals surface area contributed by atoms with Gasteiger partial charge >= 0.3 is 0 Å². The van der Waals surface area contributed by atoms with Gasteiger partial charge in [-0.05, 0) is 37.2 Å². The fourth-order valence-corrected chi connectivity index (χ4v) is 3.08. The third-order valence-electron chi connectivity index (χ3n) is 4.35. The van der Waals surface area contributed by atoms with Crippen molar-refractivity contribution < 1.29 is 14.3 Å². The number of fused-ring (bicyclic) bond motifs is 1. The predicted octanol–water partition coefficient (Wildman–Crippen LogP) is 1.81. The third-order valence-corrected chi connectivity index (χ3v) is 4.35. The van der Waals surface area contributed by atoms with Gasteiger partial charge in [0.1, 0.15) is 11.3 Å². The first-order chi connectivity index (χ1) is 11.2. The molecule has 1 amide bonds. The minimum atomic E-state index is -0.525. The number of nitrogens with one attached hydrogen (secondary N) is 2. The van der Waals surface area contributed by atoms with Crippen molar-refractivity contribution in [3.05, 3.63) is 30.5 Å². The van der Waals surface area contributed by atoms with E-state index >= 15 is 0 Å². The van der Waals surface area contributed by atoms with Gasteiger partial charge in [0, 0.05) is 25.2 Å². The second-order valence-corrected chi connectivity index (χ2v) is 5.81. The van der Waals surface area contributed by atoms with E-state index in [0.717, 1.165) is 29.6 Å². The number of amides is 1. The van der Waals surface area contributed by atoms with Gasteiger partial charge in [-0.15, -0.1) is 0 Å². The van der Waals surface area contributed by atoms with Crippen LogP contribution < -0.4 is 15.4 Å². The Morgan fingerprint density at radius 1 is 1.39 bits per heavy atom. The van der Waals surface area contributed by atoms with Gasteiger partial charge in [-0.2, -0.15) is 0 Å². The smallest absolute Gasteiger partial charge is 0.234 e. The van der Waals surface area contributed by atoms with E-state index in [1.165, 1.54) is 0 Å². The summed E-state index contributed by atoms with van der Waals surface area (Å²) in [5.41, 5.74) is 0.947. The molecule has 122 valence electrons. The molecule has 6 nitrogen and oxygen atoms in total. The zero-order valence-electron chi connectivity index (χ0n) is 13.4. The summed E-state index contributed by atoms with van der Waals surface area (Å²) in [6.45, 7) is 1.85. The number of nitrogens with zero attached hydrogens (tertiary/aromatic N) is 1. The second kappa shape index (κ2) is 6.52. The predicted molar refractivity (Wildman–Crippen MR) is 88.7 cm³/mol. The largest absolute Gasteiger partial charge is 0.494 e. The average Bonchev–Trinajstić information content (AvgIpc) is 3.05. The molecule has 3 rings (SSSR count). The van der Waals surface area contributed by atoms with Crippen LogP contribution >= 0.6 is 0 Å². The van der Waals surface area contributed by atoms with Crippen molar-refractivity contribution in [1.82, 2.24) is 10.3 Å². The van der Waals surface area contributed by atoms with Gasteiger partial charge < -0.3 is 20.1 Å². The highest BCUT2D eigenvalue weighted by Gasteiger charge is 2.41. The molecule has 0 spiro atoms. The molecule has 0 aliphatic carbocycles. The topological polar surface area (TPSA) is 72.5 Å². The van der Waals surface area contributed by atoms with Gasteiger partial charge in [0.25, 0.3) is 0 Å². The summed E-state index contributed by atoms with van der Waals surface area (Å²) in [6.07, 6.45) is 2.47. The third kappa shape index (κ3) is 2.87. The van der Waals surface area contributed by atoms with Gasteiger partial charge in [-0.1, -0.05) is 0 Å². The summed E-state index contributed by atoms with van der Waals surface area (Å²) in [7, 11) is 3.24. The lowest BCUT2D eigenvalue weighted by Crippen LogP contribution is -2.41. The van der Waals surface area contributed by atoms with Crippen LogP contribution in [0, 0.1) is 5.41 Å². The number of pyridine rings is 1. The molecule has 0 saturated carbocycles. The van der Waals surface area contributed by atoms with Crippen molar-refractivity contribution in [3.8, 4) is 5.75 Å².